The number of fused-ring (bicyclic) bond motifs is 2. The molecule has 158 valence electrons. The molecule has 0 unspecified atom stereocenters. The molecular weight excluding hydrogens is 401 g/mol. The van der Waals surface area contributed by atoms with Crippen LogP contribution in [0.25, 0.3) is 16.7 Å². The van der Waals surface area contributed by atoms with Crippen LogP contribution < -0.4 is 10.2 Å². The van der Waals surface area contributed by atoms with Crippen molar-refractivity contribution in [2.45, 2.75) is 32.7 Å². The Morgan fingerprint density at radius 1 is 1.32 bits per heavy atom. The van der Waals surface area contributed by atoms with Gasteiger partial charge in [0.25, 0.3) is 5.91 Å². The van der Waals surface area contributed by atoms with Crippen molar-refractivity contribution in [3.8, 4) is 5.69 Å². The summed E-state index contributed by atoms with van der Waals surface area (Å²) in [5, 5.41) is 22.7. The van der Waals surface area contributed by atoms with E-state index in [4.69, 9.17) is 0 Å². The van der Waals surface area contributed by atoms with Crippen LogP contribution in [0.3, 0.4) is 0 Å². The van der Waals surface area contributed by atoms with Crippen LogP contribution >= 0.6 is 0 Å². The van der Waals surface area contributed by atoms with Crippen LogP contribution in [-0.2, 0) is 6.42 Å². The average Bonchev–Trinajstić information content (AvgIpc) is 3.30. The maximum atomic E-state index is 13.8. The minimum absolute atomic E-state index is 0.0970. The number of amides is 1. The molecule has 5 rings (SSSR count). The summed E-state index contributed by atoms with van der Waals surface area (Å²) >= 11 is 0. The van der Waals surface area contributed by atoms with Gasteiger partial charge in [-0.05, 0) is 53.5 Å². The van der Waals surface area contributed by atoms with E-state index in [1.165, 1.54) is 24.3 Å². The highest BCUT2D eigenvalue weighted by atomic mass is 19.1. The van der Waals surface area contributed by atoms with Gasteiger partial charge in [0.1, 0.15) is 5.82 Å². The molecule has 0 saturated carbocycles. The summed E-state index contributed by atoms with van der Waals surface area (Å²) in [6.07, 6.45) is 3.22. The second kappa shape index (κ2) is 6.90. The first kappa shape index (κ1) is 19.2. The lowest BCUT2D eigenvalue weighted by atomic mass is 9.74. The Hall–Kier alpha value is -3.75. The molecule has 4 aromatic rings. The van der Waals surface area contributed by atoms with Gasteiger partial charge in [-0.25, -0.2) is 9.07 Å². The molecule has 2 aromatic carbocycles. The maximum absolute atomic E-state index is 13.8. The minimum Gasteiger partial charge on any atom is -0.359 e. The van der Waals surface area contributed by atoms with Gasteiger partial charge >= 0.3 is 0 Å². The highest BCUT2D eigenvalue weighted by Gasteiger charge is 2.36. The first-order valence-electron chi connectivity index (χ1n) is 9.94. The normalized spacial score (nSPS) is 17.5. The van der Waals surface area contributed by atoms with E-state index >= 15 is 0 Å². The molecule has 1 aliphatic rings. The first-order chi connectivity index (χ1) is 14.8. The number of aromatic nitrogens is 4. The Morgan fingerprint density at radius 3 is 2.97 bits per heavy atom. The van der Waals surface area contributed by atoms with E-state index in [1.807, 2.05) is 0 Å². The van der Waals surface area contributed by atoms with Gasteiger partial charge in [0, 0.05) is 22.3 Å². The lowest BCUT2D eigenvalue weighted by Gasteiger charge is -2.36. The largest absolute Gasteiger partial charge is 0.359 e. The van der Waals surface area contributed by atoms with Crippen molar-refractivity contribution in [1.82, 2.24) is 20.3 Å². The number of nitrogens with zero attached hydrogens (tertiary/aromatic N) is 4. The number of carbonyl (C=O) groups excluding carboxylic acids is 1. The summed E-state index contributed by atoms with van der Waals surface area (Å²) in [7, 11) is 0. The summed E-state index contributed by atoms with van der Waals surface area (Å²) in [5.74, 6) is -0.612. The summed E-state index contributed by atoms with van der Waals surface area (Å²) in [5.41, 5.74) is 3.36. The number of benzene rings is 2. The molecule has 0 radical (unpaired) electrons. The van der Waals surface area contributed by atoms with Crippen LogP contribution in [-0.4, -0.2) is 20.8 Å². The van der Waals surface area contributed by atoms with Crippen LogP contribution in [0, 0.1) is 16.4 Å². The summed E-state index contributed by atoms with van der Waals surface area (Å²) in [6, 6.07) is 10.6. The van der Waals surface area contributed by atoms with Gasteiger partial charge in [0.2, 0.25) is 11.0 Å². The smallest absolute Gasteiger partial charge is 0.251 e. The van der Waals surface area contributed by atoms with Crippen molar-refractivity contribution >= 4 is 16.9 Å². The molecule has 31 heavy (non-hydrogen) atoms. The summed E-state index contributed by atoms with van der Waals surface area (Å²) in [6.45, 7) is 4.26. The highest BCUT2D eigenvalue weighted by molar-refractivity contribution is 5.97. The maximum Gasteiger partial charge on any atom is 0.251 e. The summed E-state index contributed by atoms with van der Waals surface area (Å²) in [4.78, 5) is 13.3. The van der Waals surface area contributed by atoms with Crippen molar-refractivity contribution in [3.63, 3.8) is 0 Å². The van der Waals surface area contributed by atoms with Crippen molar-refractivity contribution in [1.29, 1.82) is 0 Å². The minimum atomic E-state index is -0.329. The SMILES string of the molecule is CC1(C)Cc2c(cnn2-c2cccc(F)c2)[C@H](NC(=O)c2ccc3c(c2)no[n+]3[O-])C1. The Bertz CT molecular complexity index is 1310. The molecule has 0 aliphatic heterocycles. The fourth-order valence-electron chi connectivity index (χ4n) is 4.26. The van der Waals surface area contributed by atoms with Crippen LogP contribution in [0.4, 0.5) is 4.39 Å². The molecule has 9 heteroatoms. The van der Waals surface area contributed by atoms with Gasteiger partial charge in [-0.15, -0.1) is 0 Å². The van der Waals surface area contributed by atoms with E-state index in [0.29, 0.717) is 21.7 Å². The van der Waals surface area contributed by atoms with Crippen molar-refractivity contribution in [3.05, 3.63) is 76.5 Å². The van der Waals surface area contributed by atoms with Crippen LogP contribution in [0.2, 0.25) is 0 Å². The van der Waals surface area contributed by atoms with E-state index in [-0.39, 0.29) is 28.7 Å². The van der Waals surface area contributed by atoms with Gasteiger partial charge in [-0.2, -0.15) is 5.10 Å². The lowest BCUT2D eigenvalue weighted by molar-refractivity contribution is -0.782. The zero-order chi connectivity index (χ0) is 21.8. The van der Waals surface area contributed by atoms with Gasteiger partial charge in [-0.1, -0.05) is 19.9 Å². The molecular formula is C22H20FN5O3. The average molecular weight is 421 g/mol. The molecule has 1 N–H and O–H groups in total. The number of carbonyl (C=O) groups is 1. The quantitative estimate of drug-likeness (QED) is 0.512. The molecule has 1 amide bonds. The van der Waals surface area contributed by atoms with Gasteiger partial charge in [-0.3, -0.25) is 9.42 Å². The predicted octanol–water partition coefficient (Wildman–Crippen LogP) is 3.23. The number of hydrogen-bond acceptors (Lipinski definition) is 5. The predicted molar refractivity (Wildman–Crippen MR) is 109 cm³/mol. The van der Waals surface area contributed by atoms with Crippen LogP contribution in [0.1, 0.15) is 47.9 Å². The third-order valence-corrected chi connectivity index (χ3v) is 5.69. The molecule has 0 bridgehead atoms. The topological polar surface area (TPSA) is 99.9 Å². The number of hydrogen-bond donors (Lipinski definition) is 1. The van der Waals surface area contributed by atoms with Gasteiger partial charge < -0.3 is 10.5 Å². The highest BCUT2D eigenvalue weighted by Crippen LogP contribution is 2.41. The zero-order valence-corrected chi connectivity index (χ0v) is 17.0. The number of halogens is 1. The van der Waals surface area contributed by atoms with Crippen molar-refractivity contribution in [2.24, 2.45) is 5.41 Å². The van der Waals surface area contributed by atoms with E-state index < -0.39 is 0 Å². The molecule has 1 aliphatic carbocycles. The van der Waals surface area contributed by atoms with E-state index in [0.717, 1.165) is 24.1 Å². The second-order valence-corrected chi connectivity index (χ2v) is 8.64. The lowest BCUT2D eigenvalue weighted by Crippen LogP contribution is -2.36. The second-order valence-electron chi connectivity index (χ2n) is 8.64. The standard InChI is InChI=1S/C22H20FN5O3/c1-22(2)10-18(25-21(29)13-6-7-19-17(8-13)26-31-28(19)30)16-12-24-27(20(16)11-22)15-5-3-4-14(23)9-15/h3-9,12,18H,10-11H2,1-2H3,(H,25,29)/t18-/m1/s1. The number of nitrogens with one attached hydrogen (secondary N) is 1. The fourth-order valence-corrected chi connectivity index (χ4v) is 4.26. The molecule has 1 atom stereocenters. The monoisotopic (exact) mass is 421 g/mol. The Balaban J connectivity index is 1.48. The first-order valence-corrected chi connectivity index (χ1v) is 9.94. The van der Waals surface area contributed by atoms with Crippen molar-refractivity contribution in [2.75, 3.05) is 0 Å². The molecule has 2 aromatic heterocycles. The molecule has 0 fully saturated rings. The Kier molecular flexibility index (Phi) is 4.28. The third-order valence-electron chi connectivity index (χ3n) is 5.69. The van der Waals surface area contributed by atoms with Gasteiger partial charge in [0.05, 0.1) is 23.6 Å². The van der Waals surface area contributed by atoms with Crippen molar-refractivity contribution < 1.29 is 18.7 Å². The third kappa shape index (κ3) is 3.41. The van der Waals surface area contributed by atoms with E-state index in [2.05, 4.69) is 34.0 Å². The molecule has 2 heterocycles. The summed E-state index contributed by atoms with van der Waals surface area (Å²) < 4.78 is 20.1. The Labute approximate surface area is 176 Å². The van der Waals surface area contributed by atoms with E-state index in [1.54, 1.807) is 29.1 Å². The number of rotatable bonds is 3. The fraction of sp³-hybridized carbons (Fsp3) is 0.273. The van der Waals surface area contributed by atoms with Crippen LogP contribution in [0.15, 0.2) is 53.3 Å². The molecule has 0 saturated heterocycles. The van der Waals surface area contributed by atoms with E-state index in [9.17, 15) is 14.4 Å². The van der Waals surface area contributed by atoms with Gasteiger partial charge in [0.15, 0.2) is 0 Å². The molecule has 8 nitrogen and oxygen atoms in total. The van der Waals surface area contributed by atoms with Crippen LogP contribution in [0.5, 0.6) is 0 Å². The molecule has 0 spiro atoms. The zero-order valence-electron chi connectivity index (χ0n) is 17.0. The Morgan fingerprint density at radius 2 is 2.16 bits per heavy atom.